The van der Waals surface area contributed by atoms with Crippen molar-refractivity contribution in [3.63, 3.8) is 0 Å². The second kappa shape index (κ2) is 5.75. The third-order valence-corrected chi connectivity index (χ3v) is 1.65. The lowest BCUT2D eigenvalue weighted by Gasteiger charge is -2.03. The van der Waals surface area contributed by atoms with Crippen molar-refractivity contribution in [1.29, 1.82) is 0 Å². The molecule has 1 aromatic carbocycles. The van der Waals surface area contributed by atoms with Gasteiger partial charge in [-0.25, -0.2) is 0 Å². The van der Waals surface area contributed by atoms with E-state index in [-0.39, 0.29) is 0 Å². The SMILES string of the molecule is C=C/C=C(\C=O)OCc1ccccc1. The van der Waals surface area contributed by atoms with Gasteiger partial charge in [-0.15, -0.1) is 0 Å². The van der Waals surface area contributed by atoms with Crippen LogP contribution < -0.4 is 0 Å². The van der Waals surface area contributed by atoms with Crippen molar-refractivity contribution in [2.75, 3.05) is 0 Å². The molecule has 0 bridgehead atoms. The summed E-state index contributed by atoms with van der Waals surface area (Å²) in [6, 6.07) is 9.67. The van der Waals surface area contributed by atoms with E-state index < -0.39 is 0 Å². The van der Waals surface area contributed by atoms with Crippen LogP contribution in [0.2, 0.25) is 0 Å². The number of carbonyl (C=O) groups is 1. The molecule has 0 atom stereocenters. The summed E-state index contributed by atoms with van der Waals surface area (Å²) in [4.78, 5) is 10.5. The second-order valence-electron chi connectivity index (χ2n) is 2.70. The standard InChI is InChI=1S/C12H12O2/c1-2-6-12(9-13)14-10-11-7-4-3-5-8-11/h2-9H,1,10H2/b12-6+. The number of hydrogen-bond donors (Lipinski definition) is 0. The Hall–Kier alpha value is -1.83. The maximum Gasteiger partial charge on any atom is 0.184 e. The van der Waals surface area contributed by atoms with Crippen molar-refractivity contribution in [2.24, 2.45) is 0 Å². The zero-order valence-corrected chi connectivity index (χ0v) is 7.85. The third-order valence-electron chi connectivity index (χ3n) is 1.65. The molecule has 0 aromatic heterocycles. The Kier molecular flexibility index (Phi) is 4.21. The minimum atomic E-state index is 0.295. The molecular formula is C12H12O2. The van der Waals surface area contributed by atoms with Gasteiger partial charge < -0.3 is 4.74 Å². The van der Waals surface area contributed by atoms with E-state index in [1.807, 2.05) is 30.3 Å². The van der Waals surface area contributed by atoms with E-state index in [1.54, 1.807) is 0 Å². The normalized spacial score (nSPS) is 10.7. The van der Waals surface area contributed by atoms with Gasteiger partial charge in [-0.2, -0.15) is 0 Å². The van der Waals surface area contributed by atoms with Crippen molar-refractivity contribution in [1.82, 2.24) is 0 Å². The highest BCUT2D eigenvalue weighted by Crippen LogP contribution is 2.04. The predicted octanol–water partition coefficient (Wildman–Crippen LogP) is 2.47. The fourth-order valence-electron chi connectivity index (χ4n) is 0.978. The topological polar surface area (TPSA) is 26.3 Å². The van der Waals surface area contributed by atoms with Gasteiger partial charge in [0.05, 0.1) is 0 Å². The molecule has 1 aromatic rings. The molecule has 0 unspecified atom stereocenters. The first-order chi connectivity index (χ1) is 6.86. The molecule has 0 aliphatic rings. The molecule has 1 rings (SSSR count). The van der Waals surface area contributed by atoms with Crippen molar-refractivity contribution in [3.8, 4) is 0 Å². The quantitative estimate of drug-likeness (QED) is 0.307. The summed E-state index contributed by atoms with van der Waals surface area (Å²) in [6.45, 7) is 3.89. The summed E-state index contributed by atoms with van der Waals surface area (Å²) < 4.78 is 5.24. The van der Waals surface area contributed by atoms with E-state index in [0.29, 0.717) is 18.7 Å². The van der Waals surface area contributed by atoms with E-state index in [9.17, 15) is 4.79 Å². The first-order valence-electron chi connectivity index (χ1n) is 4.31. The highest BCUT2D eigenvalue weighted by atomic mass is 16.5. The fraction of sp³-hybridized carbons (Fsp3) is 0.0833. The Labute approximate surface area is 83.5 Å². The van der Waals surface area contributed by atoms with Gasteiger partial charge in [-0.3, -0.25) is 4.79 Å². The van der Waals surface area contributed by atoms with Crippen molar-refractivity contribution < 1.29 is 9.53 Å². The Morgan fingerprint density at radius 2 is 2.07 bits per heavy atom. The van der Waals surface area contributed by atoms with Crippen molar-refractivity contribution >= 4 is 6.29 Å². The average molecular weight is 188 g/mol. The number of benzene rings is 1. The number of ether oxygens (including phenoxy) is 1. The lowest BCUT2D eigenvalue weighted by atomic mass is 10.2. The molecule has 0 aliphatic heterocycles. The fourth-order valence-corrected chi connectivity index (χ4v) is 0.978. The minimum absolute atomic E-state index is 0.295. The summed E-state index contributed by atoms with van der Waals surface area (Å²) in [5.41, 5.74) is 1.03. The number of aldehydes is 1. The van der Waals surface area contributed by atoms with E-state index in [4.69, 9.17) is 4.74 Å². The van der Waals surface area contributed by atoms with Crippen LogP contribution in [0.1, 0.15) is 5.56 Å². The molecule has 0 amide bonds. The Bertz CT molecular complexity index is 325. The van der Waals surface area contributed by atoms with Gasteiger partial charge in [0.1, 0.15) is 6.61 Å². The van der Waals surface area contributed by atoms with E-state index in [2.05, 4.69) is 6.58 Å². The lowest BCUT2D eigenvalue weighted by molar-refractivity contribution is -0.108. The molecule has 0 radical (unpaired) electrons. The van der Waals surface area contributed by atoms with Crippen LogP contribution in [0.25, 0.3) is 0 Å². The Balaban J connectivity index is 2.52. The summed E-state index contributed by atoms with van der Waals surface area (Å²) in [6.07, 6.45) is 3.73. The number of hydrogen-bond acceptors (Lipinski definition) is 2. The number of rotatable bonds is 5. The summed E-state index contributed by atoms with van der Waals surface area (Å²) in [7, 11) is 0. The van der Waals surface area contributed by atoms with Crippen LogP contribution in [0.5, 0.6) is 0 Å². The molecule has 0 saturated carbocycles. The van der Waals surface area contributed by atoms with Crippen LogP contribution in [-0.4, -0.2) is 6.29 Å². The van der Waals surface area contributed by atoms with Gasteiger partial charge in [0.25, 0.3) is 0 Å². The second-order valence-corrected chi connectivity index (χ2v) is 2.70. The molecule has 0 spiro atoms. The molecule has 0 N–H and O–H groups in total. The summed E-state index contributed by atoms with van der Waals surface area (Å²) >= 11 is 0. The molecule has 0 aliphatic carbocycles. The number of allylic oxidation sites excluding steroid dienone is 3. The summed E-state index contributed by atoms with van der Waals surface area (Å²) in [5.74, 6) is 0.295. The minimum Gasteiger partial charge on any atom is -0.485 e. The monoisotopic (exact) mass is 188 g/mol. The van der Waals surface area contributed by atoms with Gasteiger partial charge >= 0.3 is 0 Å². The maximum atomic E-state index is 10.5. The van der Waals surface area contributed by atoms with Crippen molar-refractivity contribution in [2.45, 2.75) is 6.61 Å². The van der Waals surface area contributed by atoms with Gasteiger partial charge in [-0.1, -0.05) is 43.0 Å². The zero-order valence-electron chi connectivity index (χ0n) is 7.85. The Morgan fingerprint density at radius 3 is 2.64 bits per heavy atom. The highest BCUT2D eigenvalue weighted by Gasteiger charge is 1.95. The molecule has 2 heteroatoms. The number of carbonyl (C=O) groups excluding carboxylic acids is 1. The molecule has 0 heterocycles. The van der Waals surface area contributed by atoms with Crippen molar-refractivity contribution in [3.05, 3.63) is 60.4 Å². The molecule has 72 valence electrons. The van der Waals surface area contributed by atoms with Crippen LogP contribution in [0.15, 0.2) is 54.8 Å². The average Bonchev–Trinajstić information content (AvgIpc) is 2.25. The largest absolute Gasteiger partial charge is 0.485 e. The van der Waals surface area contributed by atoms with Crippen LogP contribution >= 0.6 is 0 Å². The molecule has 14 heavy (non-hydrogen) atoms. The van der Waals surface area contributed by atoms with Crippen LogP contribution in [-0.2, 0) is 16.1 Å². The summed E-state index contributed by atoms with van der Waals surface area (Å²) in [5, 5.41) is 0. The Morgan fingerprint density at radius 1 is 1.36 bits per heavy atom. The van der Waals surface area contributed by atoms with Crippen LogP contribution in [0, 0.1) is 0 Å². The zero-order chi connectivity index (χ0) is 10.2. The van der Waals surface area contributed by atoms with E-state index in [1.165, 1.54) is 12.2 Å². The van der Waals surface area contributed by atoms with Gasteiger partial charge in [0.2, 0.25) is 0 Å². The third kappa shape index (κ3) is 3.27. The predicted molar refractivity (Wildman–Crippen MR) is 55.6 cm³/mol. The molecule has 2 nitrogen and oxygen atoms in total. The van der Waals surface area contributed by atoms with Crippen LogP contribution in [0.3, 0.4) is 0 Å². The van der Waals surface area contributed by atoms with Gasteiger partial charge in [0, 0.05) is 0 Å². The van der Waals surface area contributed by atoms with E-state index in [0.717, 1.165) is 5.56 Å². The first kappa shape index (κ1) is 10.3. The van der Waals surface area contributed by atoms with E-state index >= 15 is 0 Å². The highest BCUT2D eigenvalue weighted by molar-refractivity contribution is 5.70. The maximum absolute atomic E-state index is 10.5. The molecule has 0 fully saturated rings. The smallest absolute Gasteiger partial charge is 0.184 e. The molecule has 0 saturated heterocycles. The lowest BCUT2D eigenvalue weighted by Crippen LogP contribution is -1.94. The van der Waals surface area contributed by atoms with Gasteiger partial charge in [0.15, 0.2) is 12.0 Å². The first-order valence-corrected chi connectivity index (χ1v) is 4.31. The van der Waals surface area contributed by atoms with Crippen LogP contribution in [0.4, 0.5) is 0 Å². The van der Waals surface area contributed by atoms with Gasteiger partial charge in [-0.05, 0) is 11.6 Å². The molecular weight excluding hydrogens is 176 g/mol.